The number of aromatic nitrogens is 1. The largest absolute Gasteiger partial charge is 0.398 e. The number of nitriles is 1. The highest BCUT2D eigenvalue weighted by molar-refractivity contribution is 6.31. The lowest BCUT2D eigenvalue weighted by Gasteiger charge is -2.08. The number of nitrogen functional groups attached to an aromatic ring is 1. The van der Waals surface area contributed by atoms with Gasteiger partial charge in [0, 0.05) is 16.9 Å². The van der Waals surface area contributed by atoms with E-state index in [1.807, 2.05) is 6.07 Å². The number of nitrogens with one attached hydrogen (secondary N) is 1. The number of anilines is 2. The molecule has 94 valence electrons. The van der Waals surface area contributed by atoms with E-state index in [-0.39, 0.29) is 22.6 Å². The van der Waals surface area contributed by atoms with Crippen molar-refractivity contribution in [1.82, 2.24) is 4.98 Å². The van der Waals surface area contributed by atoms with E-state index >= 15 is 0 Å². The van der Waals surface area contributed by atoms with Gasteiger partial charge in [-0.3, -0.25) is 4.79 Å². The first kappa shape index (κ1) is 12.9. The van der Waals surface area contributed by atoms with E-state index in [9.17, 15) is 4.79 Å². The Hall–Kier alpha value is -2.58. The van der Waals surface area contributed by atoms with Crippen molar-refractivity contribution in [2.45, 2.75) is 0 Å². The highest BCUT2D eigenvalue weighted by Crippen LogP contribution is 2.19. The van der Waals surface area contributed by atoms with Gasteiger partial charge in [-0.1, -0.05) is 11.6 Å². The van der Waals surface area contributed by atoms with Crippen molar-refractivity contribution in [3.8, 4) is 6.07 Å². The zero-order valence-electron chi connectivity index (χ0n) is 9.72. The molecule has 0 fully saturated rings. The van der Waals surface area contributed by atoms with Crippen LogP contribution >= 0.6 is 11.6 Å². The molecule has 2 rings (SSSR count). The fraction of sp³-hybridized carbons (Fsp3) is 0. The molecule has 1 aromatic heterocycles. The molecule has 0 saturated carbocycles. The van der Waals surface area contributed by atoms with Gasteiger partial charge in [-0.2, -0.15) is 5.26 Å². The summed E-state index contributed by atoms with van der Waals surface area (Å²) in [5, 5.41) is 11.9. The summed E-state index contributed by atoms with van der Waals surface area (Å²) in [7, 11) is 0. The Morgan fingerprint density at radius 1 is 1.42 bits per heavy atom. The molecule has 2 aromatic rings. The van der Waals surface area contributed by atoms with Gasteiger partial charge in [0.15, 0.2) is 5.82 Å². The molecule has 0 bridgehead atoms. The van der Waals surface area contributed by atoms with Crippen molar-refractivity contribution >= 4 is 29.0 Å². The van der Waals surface area contributed by atoms with E-state index in [0.29, 0.717) is 5.02 Å². The molecule has 0 aliphatic rings. The van der Waals surface area contributed by atoms with Crippen molar-refractivity contribution in [3.05, 3.63) is 52.7 Å². The van der Waals surface area contributed by atoms with Gasteiger partial charge in [-0.05, 0) is 30.3 Å². The highest BCUT2D eigenvalue weighted by Gasteiger charge is 2.12. The van der Waals surface area contributed by atoms with E-state index in [2.05, 4.69) is 10.3 Å². The fourth-order valence-electron chi connectivity index (χ4n) is 1.51. The van der Waals surface area contributed by atoms with Crippen LogP contribution in [0.4, 0.5) is 11.5 Å². The molecule has 5 nitrogen and oxygen atoms in total. The maximum Gasteiger partial charge on any atom is 0.258 e. The minimum atomic E-state index is -0.440. The Morgan fingerprint density at radius 2 is 2.21 bits per heavy atom. The van der Waals surface area contributed by atoms with E-state index in [0.717, 1.165) is 0 Å². The van der Waals surface area contributed by atoms with Crippen LogP contribution in [0.3, 0.4) is 0 Å². The summed E-state index contributed by atoms with van der Waals surface area (Å²) in [5.41, 5.74) is 6.54. The molecule has 0 spiro atoms. The minimum absolute atomic E-state index is 0.198. The second-order valence-electron chi connectivity index (χ2n) is 3.70. The van der Waals surface area contributed by atoms with E-state index < -0.39 is 5.91 Å². The topological polar surface area (TPSA) is 91.8 Å². The number of nitrogens with zero attached hydrogens (tertiary/aromatic N) is 2. The summed E-state index contributed by atoms with van der Waals surface area (Å²) in [5.74, 6) is -0.242. The average Bonchev–Trinajstić information content (AvgIpc) is 2.39. The van der Waals surface area contributed by atoms with Gasteiger partial charge < -0.3 is 11.1 Å². The molecule has 3 N–H and O–H groups in total. The predicted octanol–water partition coefficient (Wildman–Crippen LogP) is 2.44. The van der Waals surface area contributed by atoms with Crippen LogP contribution in [0.15, 0.2) is 36.5 Å². The Bertz CT molecular complexity index is 679. The normalized spacial score (nSPS) is 9.68. The van der Waals surface area contributed by atoms with Crippen LogP contribution in [0.2, 0.25) is 5.02 Å². The lowest BCUT2D eigenvalue weighted by molar-refractivity contribution is 0.102. The van der Waals surface area contributed by atoms with Crippen LogP contribution in [0.1, 0.15) is 15.9 Å². The number of nitrogens with two attached hydrogens (primary N) is 1. The Labute approximate surface area is 114 Å². The molecule has 1 heterocycles. The Balaban J connectivity index is 2.29. The summed E-state index contributed by atoms with van der Waals surface area (Å²) in [6.07, 6.45) is 1.49. The van der Waals surface area contributed by atoms with Gasteiger partial charge in [0.1, 0.15) is 6.07 Å². The molecule has 0 aliphatic heterocycles. The van der Waals surface area contributed by atoms with Crippen molar-refractivity contribution in [3.63, 3.8) is 0 Å². The quantitative estimate of drug-likeness (QED) is 0.821. The third-order valence-corrected chi connectivity index (χ3v) is 2.65. The molecule has 0 unspecified atom stereocenters. The lowest BCUT2D eigenvalue weighted by Crippen LogP contribution is -2.15. The smallest absolute Gasteiger partial charge is 0.258 e. The monoisotopic (exact) mass is 272 g/mol. The van der Waals surface area contributed by atoms with Gasteiger partial charge in [0.25, 0.3) is 5.91 Å². The fourth-order valence-corrected chi connectivity index (χ4v) is 1.69. The van der Waals surface area contributed by atoms with Crippen molar-refractivity contribution in [2.24, 2.45) is 0 Å². The number of amides is 1. The molecule has 6 heteroatoms. The van der Waals surface area contributed by atoms with Crippen LogP contribution in [0.5, 0.6) is 0 Å². The number of rotatable bonds is 2. The molecule has 0 radical (unpaired) electrons. The first-order valence-electron chi connectivity index (χ1n) is 5.33. The number of benzene rings is 1. The van der Waals surface area contributed by atoms with Crippen LogP contribution in [0.25, 0.3) is 0 Å². The highest BCUT2D eigenvalue weighted by atomic mass is 35.5. The summed E-state index contributed by atoms with van der Waals surface area (Å²) < 4.78 is 0. The van der Waals surface area contributed by atoms with Crippen LogP contribution in [-0.4, -0.2) is 10.9 Å². The number of carbonyl (C=O) groups excluding carboxylic acids is 1. The van der Waals surface area contributed by atoms with E-state index in [1.165, 1.54) is 18.3 Å². The van der Waals surface area contributed by atoms with Gasteiger partial charge in [-0.15, -0.1) is 0 Å². The van der Waals surface area contributed by atoms with Crippen molar-refractivity contribution < 1.29 is 4.79 Å². The number of hydrogen-bond acceptors (Lipinski definition) is 4. The molecule has 0 saturated heterocycles. The van der Waals surface area contributed by atoms with E-state index in [4.69, 9.17) is 22.6 Å². The Morgan fingerprint density at radius 3 is 2.89 bits per heavy atom. The molecule has 19 heavy (non-hydrogen) atoms. The van der Waals surface area contributed by atoms with Crippen molar-refractivity contribution in [1.29, 1.82) is 5.26 Å². The Kier molecular flexibility index (Phi) is 3.64. The van der Waals surface area contributed by atoms with Crippen LogP contribution in [-0.2, 0) is 0 Å². The second kappa shape index (κ2) is 5.38. The number of pyridine rings is 1. The lowest BCUT2D eigenvalue weighted by atomic mass is 10.1. The van der Waals surface area contributed by atoms with E-state index in [1.54, 1.807) is 18.2 Å². The second-order valence-corrected chi connectivity index (χ2v) is 4.13. The summed E-state index contributed by atoms with van der Waals surface area (Å²) in [6.45, 7) is 0. The predicted molar refractivity (Wildman–Crippen MR) is 72.8 cm³/mol. The summed E-state index contributed by atoms with van der Waals surface area (Å²) >= 11 is 5.76. The number of halogens is 1. The van der Waals surface area contributed by atoms with Gasteiger partial charge in [0.2, 0.25) is 0 Å². The number of carbonyl (C=O) groups is 1. The molecule has 1 amide bonds. The molecule has 0 atom stereocenters. The summed E-state index contributed by atoms with van der Waals surface area (Å²) in [6, 6.07) is 9.69. The molecule has 0 aliphatic carbocycles. The first-order chi connectivity index (χ1) is 9.11. The maximum atomic E-state index is 12.0. The van der Waals surface area contributed by atoms with Crippen LogP contribution < -0.4 is 11.1 Å². The molecular weight excluding hydrogens is 264 g/mol. The van der Waals surface area contributed by atoms with Crippen molar-refractivity contribution in [2.75, 3.05) is 11.1 Å². The summed E-state index contributed by atoms with van der Waals surface area (Å²) in [4.78, 5) is 16.0. The zero-order valence-corrected chi connectivity index (χ0v) is 10.5. The van der Waals surface area contributed by atoms with Gasteiger partial charge >= 0.3 is 0 Å². The third-order valence-electron chi connectivity index (χ3n) is 2.42. The zero-order chi connectivity index (χ0) is 13.8. The van der Waals surface area contributed by atoms with Crippen LogP contribution in [0, 0.1) is 11.3 Å². The third kappa shape index (κ3) is 2.81. The molecule has 1 aromatic carbocycles. The molecular formula is C13H9ClN4O. The SMILES string of the molecule is N#Cc1cccnc1NC(=O)c1ccc(Cl)cc1N. The maximum absolute atomic E-state index is 12.0. The average molecular weight is 273 g/mol. The van der Waals surface area contributed by atoms with Gasteiger partial charge in [0.05, 0.1) is 11.1 Å². The number of hydrogen-bond donors (Lipinski definition) is 2. The van der Waals surface area contributed by atoms with Gasteiger partial charge in [-0.25, -0.2) is 4.98 Å². The minimum Gasteiger partial charge on any atom is -0.398 e. The first-order valence-corrected chi connectivity index (χ1v) is 5.71. The standard InChI is InChI=1S/C13H9ClN4O/c14-9-3-4-10(11(16)6-9)13(19)18-12-8(7-15)2-1-5-17-12/h1-6H,16H2,(H,17,18,19).